The third kappa shape index (κ3) is 2.26. The number of nitrogens with two attached hydrogens (primary N) is 1. The van der Waals surface area contributed by atoms with E-state index in [4.69, 9.17) is 10.5 Å². The van der Waals surface area contributed by atoms with Gasteiger partial charge in [0.05, 0.1) is 6.10 Å². The van der Waals surface area contributed by atoms with Crippen molar-refractivity contribution in [1.29, 1.82) is 0 Å². The number of nitrogens with zero attached hydrogens (tertiary/aromatic N) is 2. The number of hydrogen-bond donors (Lipinski definition) is 2. The van der Waals surface area contributed by atoms with Crippen LogP contribution < -0.4 is 5.73 Å². The van der Waals surface area contributed by atoms with Crippen molar-refractivity contribution in [2.45, 2.75) is 38.0 Å². The van der Waals surface area contributed by atoms with Crippen LogP contribution in [0.3, 0.4) is 0 Å². The lowest BCUT2D eigenvalue weighted by Gasteiger charge is -2.09. The zero-order valence-corrected chi connectivity index (χ0v) is 7.44. The van der Waals surface area contributed by atoms with Gasteiger partial charge in [0.2, 0.25) is 0 Å². The van der Waals surface area contributed by atoms with E-state index in [0.29, 0.717) is 18.8 Å². The van der Waals surface area contributed by atoms with Crippen molar-refractivity contribution < 1.29 is 4.74 Å². The minimum Gasteiger partial charge on any atom is -0.370 e. The highest BCUT2D eigenvalue weighted by molar-refractivity contribution is 4.81. The first-order chi connectivity index (χ1) is 6.34. The van der Waals surface area contributed by atoms with Crippen molar-refractivity contribution in [1.82, 2.24) is 15.2 Å². The topological polar surface area (TPSA) is 76.8 Å². The largest absolute Gasteiger partial charge is 0.370 e. The van der Waals surface area contributed by atoms with Gasteiger partial charge in [-0.15, -0.1) is 0 Å². The molecule has 2 rings (SSSR count). The van der Waals surface area contributed by atoms with E-state index in [1.54, 1.807) is 0 Å². The fraction of sp³-hybridized carbons (Fsp3) is 0.750. The van der Waals surface area contributed by atoms with Gasteiger partial charge in [-0.05, 0) is 19.3 Å². The zero-order valence-electron chi connectivity index (χ0n) is 7.44. The van der Waals surface area contributed by atoms with Crippen molar-refractivity contribution in [2.24, 2.45) is 5.73 Å². The van der Waals surface area contributed by atoms with Gasteiger partial charge in [0.15, 0.2) is 0 Å². The molecule has 0 aromatic carbocycles. The molecule has 1 aromatic heterocycles. The number of nitrogens with one attached hydrogen (secondary N) is 1. The standard InChI is InChI=1S/C8H14N4O/c9-6-1-2-7(3-6)13-4-8-10-5-11-12-8/h5-7H,1-4,9H2,(H,10,11,12). The molecule has 13 heavy (non-hydrogen) atoms. The van der Waals surface area contributed by atoms with Crippen molar-refractivity contribution >= 4 is 0 Å². The summed E-state index contributed by atoms with van der Waals surface area (Å²) in [6.45, 7) is 0.511. The lowest BCUT2D eigenvalue weighted by atomic mass is 10.3. The Bertz CT molecular complexity index is 249. The molecule has 1 fully saturated rings. The molecule has 0 aliphatic heterocycles. The Morgan fingerprint density at radius 1 is 1.62 bits per heavy atom. The van der Waals surface area contributed by atoms with Gasteiger partial charge in [-0.2, -0.15) is 5.10 Å². The van der Waals surface area contributed by atoms with Gasteiger partial charge >= 0.3 is 0 Å². The summed E-state index contributed by atoms with van der Waals surface area (Å²) in [5.74, 6) is 0.778. The summed E-state index contributed by atoms with van der Waals surface area (Å²) >= 11 is 0. The molecule has 2 unspecified atom stereocenters. The summed E-state index contributed by atoms with van der Waals surface area (Å²) in [4.78, 5) is 3.97. The Kier molecular flexibility index (Phi) is 2.56. The lowest BCUT2D eigenvalue weighted by Crippen LogP contribution is -2.17. The second-order valence-electron chi connectivity index (χ2n) is 3.44. The smallest absolute Gasteiger partial charge is 0.150 e. The average molecular weight is 182 g/mol. The normalized spacial score (nSPS) is 28.1. The van der Waals surface area contributed by atoms with Gasteiger partial charge in [0.1, 0.15) is 18.8 Å². The second kappa shape index (κ2) is 3.85. The molecule has 1 aliphatic carbocycles. The predicted molar refractivity (Wildman–Crippen MR) is 46.8 cm³/mol. The molecule has 1 heterocycles. The zero-order chi connectivity index (χ0) is 9.10. The summed E-state index contributed by atoms with van der Waals surface area (Å²) in [6.07, 6.45) is 4.89. The van der Waals surface area contributed by atoms with Crippen molar-refractivity contribution in [3.63, 3.8) is 0 Å². The molecule has 5 heteroatoms. The van der Waals surface area contributed by atoms with Gasteiger partial charge in [-0.3, -0.25) is 5.10 Å². The number of aromatic nitrogens is 3. The number of aromatic amines is 1. The molecule has 1 aromatic rings. The molecule has 1 aliphatic rings. The van der Waals surface area contributed by atoms with Gasteiger partial charge in [0.25, 0.3) is 0 Å². The van der Waals surface area contributed by atoms with Gasteiger partial charge in [-0.1, -0.05) is 0 Å². The van der Waals surface area contributed by atoms with Crippen LogP contribution in [0.15, 0.2) is 6.33 Å². The Hall–Kier alpha value is -0.940. The fourth-order valence-corrected chi connectivity index (χ4v) is 1.62. The van der Waals surface area contributed by atoms with Crippen LogP contribution in [0.5, 0.6) is 0 Å². The van der Waals surface area contributed by atoms with E-state index in [2.05, 4.69) is 15.2 Å². The highest BCUT2D eigenvalue weighted by atomic mass is 16.5. The lowest BCUT2D eigenvalue weighted by molar-refractivity contribution is 0.0410. The molecule has 0 saturated heterocycles. The van der Waals surface area contributed by atoms with E-state index in [9.17, 15) is 0 Å². The Balaban J connectivity index is 1.74. The van der Waals surface area contributed by atoms with Crippen LogP contribution in [0, 0.1) is 0 Å². The minimum atomic E-state index is 0.306. The minimum absolute atomic E-state index is 0.306. The highest BCUT2D eigenvalue weighted by Gasteiger charge is 2.22. The maximum absolute atomic E-state index is 5.76. The first-order valence-corrected chi connectivity index (χ1v) is 4.56. The van der Waals surface area contributed by atoms with Crippen molar-refractivity contribution in [3.05, 3.63) is 12.2 Å². The van der Waals surface area contributed by atoms with E-state index in [1.807, 2.05) is 0 Å². The van der Waals surface area contributed by atoms with Crippen LogP contribution in [-0.4, -0.2) is 27.3 Å². The number of ether oxygens (including phenoxy) is 1. The van der Waals surface area contributed by atoms with Crippen LogP contribution in [-0.2, 0) is 11.3 Å². The quantitative estimate of drug-likeness (QED) is 0.700. The van der Waals surface area contributed by atoms with E-state index in [-0.39, 0.29) is 0 Å². The number of H-pyrrole nitrogens is 1. The van der Waals surface area contributed by atoms with Crippen LogP contribution in [0.25, 0.3) is 0 Å². The third-order valence-electron chi connectivity index (χ3n) is 2.35. The average Bonchev–Trinajstić information content (AvgIpc) is 2.71. The molecular formula is C8H14N4O. The molecular weight excluding hydrogens is 168 g/mol. The molecule has 5 nitrogen and oxygen atoms in total. The van der Waals surface area contributed by atoms with E-state index >= 15 is 0 Å². The van der Waals surface area contributed by atoms with Gasteiger partial charge < -0.3 is 10.5 Å². The summed E-state index contributed by atoms with van der Waals surface area (Å²) in [5.41, 5.74) is 5.76. The van der Waals surface area contributed by atoms with E-state index < -0.39 is 0 Å². The molecule has 0 radical (unpaired) electrons. The summed E-state index contributed by atoms with van der Waals surface area (Å²) < 4.78 is 5.60. The summed E-state index contributed by atoms with van der Waals surface area (Å²) in [5, 5.41) is 6.50. The van der Waals surface area contributed by atoms with Gasteiger partial charge in [-0.25, -0.2) is 4.98 Å². The van der Waals surface area contributed by atoms with Crippen LogP contribution in [0.2, 0.25) is 0 Å². The highest BCUT2D eigenvalue weighted by Crippen LogP contribution is 2.20. The Morgan fingerprint density at radius 2 is 2.54 bits per heavy atom. The molecule has 1 saturated carbocycles. The first-order valence-electron chi connectivity index (χ1n) is 4.56. The molecule has 72 valence electrons. The summed E-state index contributed by atoms with van der Waals surface area (Å²) in [6, 6.07) is 0.319. The van der Waals surface area contributed by atoms with E-state index in [1.165, 1.54) is 6.33 Å². The van der Waals surface area contributed by atoms with Crippen LogP contribution >= 0.6 is 0 Å². The third-order valence-corrected chi connectivity index (χ3v) is 2.35. The Labute approximate surface area is 76.7 Å². The van der Waals surface area contributed by atoms with Crippen molar-refractivity contribution in [2.75, 3.05) is 0 Å². The molecule has 3 N–H and O–H groups in total. The SMILES string of the molecule is NC1CCC(OCc2ncn[nH]2)C1. The predicted octanol–water partition coefficient (Wildman–Crippen LogP) is 0.201. The maximum atomic E-state index is 5.76. The molecule has 2 atom stereocenters. The Morgan fingerprint density at radius 3 is 3.15 bits per heavy atom. The second-order valence-corrected chi connectivity index (χ2v) is 3.44. The molecule has 0 amide bonds. The van der Waals surface area contributed by atoms with Crippen LogP contribution in [0.4, 0.5) is 0 Å². The van der Waals surface area contributed by atoms with Gasteiger partial charge in [0, 0.05) is 6.04 Å². The molecule has 0 bridgehead atoms. The summed E-state index contributed by atoms with van der Waals surface area (Å²) in [7, 11) is 0. The molecule has 0 spiro atoms. The maximum Gasteiger partial charge on any atom is 0.150 e. The van der Waals surface area contributed by atoms with E-state index in [0.717, 1.165) is 25.1 Å². The number of hydrogen-bond acceptors (Lipinski definition) is 4. The van der Waals surface area contributed by atoms with Crippen molar-refractivity contribution in [3.8, 4) is 0 Å². The number of rotatable bonds is 3. The fourth-order valence-electron chi connectivity index (χ4n) is 1.62. The first kappa shape index (κ1) is 8.65. The van der Waals surface area contributed by atoms with Crippen LogP contribution in [0.1, 0.15) is 25.1 Å². The monoisotopic (exact) mass is 182 g/mol.